The Hall–Kier alpha value is -4.07. The molecule has 0 saturated heterocycles. The summed E-state index contributed by atoms with van der Waals surface area (Å²) in [4.78, 5) is 29.4. The van der Waals surface area contributed by atoms with Gasteiger partial charge >= 0.3 is 0 Å². The molecule has 1 aliphatic rings. The van der Waals surface area contributed by atoms with Crippen LogP contribution in [0.25, 0.3) is 5.57 Å². The fraction of sp³-hybridized carbons (Fsp3) is 0.154. The third-order valence-corrected chi connectivity index (χ3v) is 5.63. The van der Waals surface area contributed by atoms with Crippen LogP contribution in [0.3, 0.4) is 0 Å². The second-order valence-corrected chi connectivity index (χ2v) is 7.64. The van der Waals surface area contributed by atoms with E-state index in [-0.39, 0.29) is 22.5 Å². The van der Waals surface area contributed by atoms with Crippen LogP contribution in [-0.4, -0.2) is 24.9 Å². The number of hydrogen-bond donors (Lipinski definition) is 1. The summed E-state index contributed by atoms with van der Waals surface area (Å²) in [5.74, 6) is -4.00. The molecule has 34 heavy (non-hydrogen) atoms. The zero-order valence-electron chi connectivity index (χ0n) is 18.6. The Morgan fingerprint density at radius 2 is 1.41 bits per heavy atom. The van der Waals surface area contributed by atoms with Crippen LogP contribution in [0.15, 0.2) is 72.4 Å². The molecular weight excluding hydrogens is 443 g/mol. The molecule has 0 atom stereocenters. The van der Waals surface area contributed by atoms with Crippen LogP contribution in [-0.2, 0) is 9.59 Å². The molecule has 1 aliphatic heterocycles. The minimum absolute atomic E-state index is 0.0402. The molecule has 2 amide bonds. The van der Waals surface area contributed by atoms with E-state index in [4.69, 9.17) is 0 Å². The summed E-state index contributed by atoms with van der Waals surface area (Å²) in [5.41, 5.74) is 1.31. The van der Waals surface area contributed by atoms with Gasteiger partial charge in [-0.25, -0.2) is 18.1 Å². The minimum Gasteiger partial charge on any atom is -0.372 e. The van der Waals surface area contributed by atoms with E-state index in [9.17, 15) is 22.8 Å². The molecule has 4 rings (SSSR count). The van der Waals surface area contributed by atoms with E-state index in [1.807, 2.05) is 26.0 Å². The van der Waals surface area contributed by atoms with Gasteiger partial charge in [0.15, 0.2) is 0 Å². The van der Waals surface area contributed by atoms with Gasteiger partial charge in [-0.15, -0.1) is 0 Å². The highest BCUT2D eigenvalue weighted by Gasteiger charge is 2.41. The van der Waals surface area contributed by atoms with Gasteiger partial charge in [0.1, 0.15) is 23.1 Å². The molecule has 0 aliphatic carbocycles. The molecule has 0 unspecified atom stereocenters. The fourth-order valence-electron chi connectivity index (χ4n) is 3.90. The first-order valence-corrected chi connectivity index (χ1v) is 10.8. The lowest BCUT2D eigenvalue weighted by Crippen LogP contribution is -2.33. The van der Waals surface area contributed by atoms with Crippen molar-refractivity contribution in [2.45, 2.75) is 13.8 Å². The smallest absolute Gasteiger partial charge is 0.282 e. The molecule has 1 heterocycles. The van der Waals surface area contributed by atoms with Crippen LogP contribution < -0.4 is 15.1 Å². The number of hydrogen-bond acceptors (Lipinski definition) is 4. The van der Waals surface area contributed by atoms with E-state index in [1.54, 1.807) is 12.1 Å². The van der Waals surface area contributed by atoms with Crippen LogP contribution >= 0.6 is 0 Å². The number of carbonyl (C=O) groups is 2. The van der Waals surface area contributed by atoms with E-state index in [2.05, 4.69) is 10.2 Å². The number of carbonyl (C=O) groups excluding carboxylic acids is 2. The number of rotatable bonds is 7. The Bertz CT molecular complexity index is 1270. The van der Waals surface area contributed by atoms with Crippen molar-refractivity contribution in [1.29, 1.82) is 0 Å². The van der Waals surface area contributed by atoms with Crippen LogP contribution in [0.2, 0.25) is 0 Å². The van der Waals surface area contributed by atoms with Crippen molar-refractivity contribution in [3.05, 3.63) is 95.4 Å². The summed E-state index contributed by atoms with van der Waals surface area (Å²) in [7, 11) is 0. The van der Waals surface area contributed by atoms with Crippen LogP contribution in [0, 0.1) is 17.5 Å². The zero-order chi connectivity index (χ0) is 24.4. The highest BCUT2D eigenvalue weighted by atomic mass is 19.1. The first-order valence-electron chi connectivity index (χ1n) is 10.8. The van der Waals surface area contributed by atoms with Crippen molar-refractivity contribution in [1.82, 2.24) is 0 Å². The van der Waals surface area contributed by atoms with Gasteiger partial charge < -0.3 is 10.2 Å². The summed E-state index contributed by atoms with van der Waals surface area (Å²) >= 11 is 0. The van der Waals surface area contributed by atoms with E-state index in [0.29, 0.717) is 16.7 Å². The number of benzene rings is 3. The maximum atomic E-state index is 14.5. The first-order chi connectivity index (χ1) is 16.3. The second-order valence-electron chi connectivity index (χ2n) is 7.64. The molecular formula is C26H22F3N3O2. The summed E-state index contributed by atoms with van der Waals surface area (Å²) in [5, 5.41) is 2.98. The van der Waals surface area contributed by atoms with E-state index in [1.165, 1.54) is 12.1 Å². The van der Waals surface area contributed by atoms with Gasteiger partial charge in [0.25, 0.3) is 11.8 Å². The SMILES string of the molecule is CCN(CC)c1ccc(NC2=C(c3ccc(F)cc3)C(=O)N(c3ccc(F)cc3F)C2=O)cc1. The van der Waals surface area contributed by atoms with Gasteiger partial charge in [0.05, 0.1) is 11.3 Å². The molecule has 0 radical (unpaired) electrons. The third kappa shape index (κ3) is 4.26. The average molecular weight is 465 g/mol. The van der Waals surface area contributed by atoms with E-state index in [0.717, 1.165) is 43.0 Å². The van der Waals surface area contributed by atoms with E-state index < -0.39 is 29.3 Å². The Morgan fingerprint density at radius 1 is 0.794 bits per heavy atom. The lowest BCUT2D eigenvalue weighted by atomic mass is 10.0. The monoisotopic (exact) mass is 465 g/mol. The van der Waals surface area contributed by atoms with Crippen LogP contribution in [0.4, 0.5) is 30.2 Å². The molecule has 5 nitrogen and oxygen atoms in total. The second kappa shape index (κ2) is 9.43. The molecule has 8 heteroatoms. The predicted molar refractivity (Wildman–Crippen MR) is 126 cm³/mol. The normalized spacial score (nSPS) is 13.6. The zero-order valence-corrected chi connectivity index (χ0v) is 18.6. The van der Waals surface area contributed by atoms with Gasteiger partial charge in [-0.2, -0.15) is 0 Å². The Labute approximate surface area is 195 Å². The fourth-order valence-corrected chi connectivity index (χ4v) is 3.90. The van der Waals surface area contributed by atoms with Gasteiger partial charge in [-0.1, -0.05) is 12.1 Å². The molecule has 0 fully saturated rings. The Balaban J connectivity index is 1.76. The first kappa shape index (κ1) is 23.1. The van der Waals surface area contributed by atoms with Crippen molar-refractivity contribution in [3.8, 4) is 0 Å². The minimum atomic E-state index is -1.05. The van der Waals surface area contributed by atoms with Gasteiger partial charge in [0, 0.05) is 30.5 Å². The summed E-state index contributed by atoms with van der Waals surface area (Å²) < 4.78 is 41.4. The lowest BCUT2D eigenvalue weighted by Gasteiger charge is -2.21. The molecule has 3 aromatic carbocycles. The van der Waals surface area contributed by atoms with Gasteiger partial charge in [-0.05, 0) is 67.9 Å². The highest BCUT2D eigenvalue weighted by Crippen LogP contribution is 2.35. The quantitative estimate of drug-likeness (QED) is 0.478. The summed E-state index contributed by atoms with van der Waals surface area (Å²) in [6.45, 7) is 5.74. The number of anilines is 3. The molecule has 0 saturated carbocycles. The number of imide groups is 1. The van der Waals surface area contributed by atoms with Crippen molar-refractivity contribution in [2.75, 3.05) is 28.2 Å². The van der Waals surface area contributed by atoms with Crippen molar-refractivity contribution in [2.24, 2.45) is 0 Å². The van der Waals surface area contributed by atoms with Gasteiger partial charge in [-0.3, -0.25) is 9.59 Å². The molecule has 3 aromatic rings. The third-order valence-electron chi connectivity index (χ3n) is 5.63. The van der Waals surface area contributed by atoms with Crippen LogP contribution in [0.1, 0.15) is 19.4 Å². The van der Waals surface area contributed by atoms with Crippen molar-refractivity contribution < 1.29 is 22.8 Å². The summed E-state index contributed by atoms with van der Waals surface area (Å²) in [6, 6.07) is 15.0. The van der Waals surface area contributed by atoms with Gasteiger partial charge in [0.2, 0.25) is 0 Å². The highest BCUT2D eigenvalue weighted by molar-refractivity contribution is 6.46. The number of nitrogens with one attached hydrogen (secondary N) is 1. The largest absolute Gasteiger partial charge is 0.372 e. The number of halogens is 3. The topological polar surface area (TPSA) is 52.7 Å². The Kier molecular flexibility index (Phi) is 6.40. The molecule has 0 spiro atoms. The predicted octanol–water partition coefficient (Wildman–Crippen LogP) is 5.35. The van der Waals surface area contributed by atoms with Crippen molar-refractivity contribution in [3.63, 3.8) is 0 Å². The molecule has 0 bridgehead atoms. The Morgan fingerprint density at radius 3 is 2.00 bits per heavy atom. The standard InChI is InChI=1S/C26H22F3N3O2/c1-3-31(4-2)20-12-10-19(11-13-20)30-24-23(16-5-7-17(27)8-6-16)25(33)32(26(24)34)22-14-9-18(28)15-21(22)29/h5-15,30H,3-4H2,1-2H3. The lowest BCUT2D eigenvalue weighted by molar-refractivity contribution is -0.120. The summed E-state index contributed by atoms with van der Waals surface area (Å²) in [6.07, 6.45) is 0. The maximum Gasteiger partial charge on any atom is 0.282 e. The number of amides is 2. The molecule has 0 aromatic heterocycles. The van der Waals surface area contributed by atoms with Crippen LogP contribution in [0.5, 0.6) is 0 Å². The average Bonchev–Trinajstić information content (AvgIpc) is 3.06. The number of nitrogens with zero attached hydrogens (tertiary/aromatic N) is 2. The molecule has 1 N–H and O–H groups in total. The molecule has 174 valence electrons. The van der Waals surface area contributed by atoms with Crippen molar-refractivity contribution >= 4 is 34.4 Å². The van der Waals surface area contributed by atoms with E-state index >= 15 is 0 Å². The maximum absolute atomic E-state index is 14.5.